The van der Waals surface area contributed by atoms with Crippen molar-refractivity contribution in [3.8, 4) is 0 Å². The first kappa shape index (κ1) is 14.2. The minimum absolute atomic E-state index is 0.0151. The predicted molar refractivity (Wildman–Crippen MR) is 81.0 cm³/mol. The number of aromatic amines is 1. The maximum absolute atomic E-state index is 12.1. The van der Waals surface area contributed by atoms with E-state index in [-0.39, 0.29) is 28.7 Å². The van der Waals surface area contributed by atoms with E-state index in [9.17, 15) is 9.00 Å². The van der Waals surface area contributed by atoms with E-state index in [4.69, 9.17) is 10.5 Å². The van der Waals surface area contributed by atoms with Gasteiger partial charge in [0.25, 0.3) is 0 Å². The Kier molecular flexibility index (Phi) is 3.17. The van der Waals surface area contributed by atoms with Crippen molar-refractivity contribution in [2.24, 2.45) is 0 Å². The number of nitrogens with one attached hydrogen (secondary N) is 2. The summed E-state index contributed by atoms with van der Waals surface area (Å²) >= 11 is 0. The van der Waals surface area contributed by atoms with Crippen molar-refractivity contribution in [1.29, 1.82) is 4.78 Å². The van der Waals surface area contributed by atoms with Crippen molar-refractivity contribution < 1.29 is 4.21 Å². The van der Waals surface area contributed by atoms with Crippen LogP contribution in [0.3, 0.4) is 0 Å². The van der Waals surface area contributed by atoms with Crippen LogP contribution in [0.25, 0.3) is 11.2 Å². The van der Waals surface area contributed by atoms with Crippen LogP contribution in [-0.2, 0) is 16.3 Å². The first-order valence-electron chi connectivity index (χ1n) is 6.26. The minimum atomic E-state index is -3.14. The van der Waals surface area contributed by atoms with Crippen molar-refractivity contribution in [2.75, 3.05) is 12.0 Å². The zero-order chi connectivity index (χ0) is 15.9. The highest BCUT2D eigenvalue weighted by molar-refractivity contribution is 7.91. The summed E-state index contributed by atoms with van der Waals surface area (Å²) in [5, 5.41) is -0.203. The standard InChI is InChI=1S/C12H13N7O2S/c1-22(14,21)11-17-9(13)8-10(18-11)19(12(20)16-8)6-7-4-2-3-5-15-7/h2-5,14H,6H2,1H3,(H,16,20)(H2,13,17,18). The van der Waals surface area contributed by atoms with Crippen LogP contribution in [0.1, 0.15) is 5.69 Å². The molecule has 3 rings (SSSR count). The number of fused-ring (bicyclic) bond motifs is 1. The summed E-state index contributed by atoms with van der Waals surface area (Å²) in [6, 6.07) is 5.34. The van der Waals surface area contributed by atoms with Crippen molar-refractivity contribution in [3.63, 3.8) is 0 Å². The Labute approximate surface area is 125 Å². The molecule has 0 aromatic carbocycles. The van der Waals surface area contributed by atoms with E-state index in [2.05, 4.69) is 19.9 Å². The van der Waals surface area contributed by atoms with Gasteiger partial charge in [0.15, 0.2) is 11.5 Å². The number of hydrogen-bond acceptors (Lipinski definition) is 7. The van der Waals surface area contributed by atoms with Gasteiger partial charge in [-0.1, -0.05) is 6.07 Å². The van der Waals surface area contributed by atoms with E-state index in [1.807, 2.05) is 0 Å². The van der Waals surface area contributed by atoms with Crippen molar-refractivity contribution in [3.05, 3.63) is 40.6 Å². The van der Waals surface area contributed by atoms with E-state index in [1.165, 1.54) is 10.8 Å². The Morgan fingerprint density at radius 1 is 1.41 bits per heavy atom. The molecule has 1 atom stereocenters. The summed E-state index contributed by atoms with van der Waals surface area (Å²) in [4.78, 5) is 26.7. The Bertz CT molecular complexity index is 1010. The maximum Gasteiger partial charge on any atom is 0.328 e. The molecule has 0 saturated carbocycles. The van der Waals surface area contributed by atoms with Crippen LogP contribution in [0.4, 0.5) is 5.82 Å². The third-order valence-electron chi connectivity index (χ3n) is 3.02. The number of H-pyrrole nitrogens is 1. The molecule has 0 spiro atoms. The van der Waals surface area contributed by atoms with Gasteiger partial charge in [-0.05, 0) is 12.1 Å². The smallest absolute Gasteiger partial charge is 0.328 e. The number of anilines is 1. The van der Waals surface area contributed by atoms with Crippen LogP contribution < -0.4 is 11.4 Å². The van der Waals surface area contributed by atoms with Gasteiger partial charge in [0.05, 0.1) is 12.2 Å². The van der Waals surface area contributed by atoms with E-state index in [0.717, 1.165) is 0 Å². The highest BCUT2D eigenvalue weighted by atomic mass is 32.2. The van der Waals surface area contributed by atoms with Gasteiger partial charge in [-0.2, -0.15) is 4.98 Å². The summed E-state index contributed by atoms with van der Waals surface area (Å²) < 4.78 is 20.7. The van der Waals surface area contributed by atoms with Crippen molar-refractivity contribution >= 4 is 26.7 Å². The lowest BCUT2D eigenvalue weighted by molar-refractivity contribution is 0.671. The van der Waals surface area contributed by atoms with Crippen LogP contribution in [0.2, 0.25) is 0 Å². The molecule has 0 aliphatic heterocycles. The Balaban J connectivity index is 2.24. The molecule has 10 heteroatoms. The fourth-order valence-electron chi connectivity index (χ4n) is 2.01. The lowest BCUT2D eigenvalue weighted by Crippen LogP contribution is -2.18. The molecule has 0 radical (unpaired) electrons. The van der Waals surface area contributed by atoms with Gasteiger partial charge in [-0.25, -0.2) is 18.8 Å². The largest absolute Gasteiger partial charge is 0.382 e. The second kappa shape index (κ2) is 4.91. The first-order chi connectivity index (χ1) is 10.4. The number of rotatable bonds is 3. The molecule has 9 nitrogen and oxygen atoms in total. The molecule has 0 fully saturated rings. The highest BCUT2D eigenvalue weighted by Gasteiger charge is 2.17. The lowest BCUT2D eigenvalue weighted by Gasteiger charge is -2.05. The lowest BCUT2D eigenvalue weighted by atomic mass is 10.3. The molecule has 3 aromatic heterocycles. The van der Waals surface area contributed by atoms with Gasteiger partial charge < -0.3 is 10.7 Å². The van der Waals surface area contributed by atoms with Gasteiger partial charge in [-0.15, -0.1) is 0 Å². The Hall–Kier alpha value is -2.75. The molecule has 0 saturated heterocycles. The fraction of sp³-hybridized carbons (Fsp3) is 0.167. The topological polar surface area (TPSA) is 143 Å². The fourth-order valence-corrected chi connectivity index (χ4v) is 2.54. The zero-order valence-electron chi connectivity index (χ0n) is 11.6. The molecule has 0 aliphatic carbocycles. The van der Waals surface area contributed by atoms with E-state index < -0.39 is 15.4 Å². The molecular weight excluding hydrogens is 306 g/mol. The number of hydrogen-bond donors (Lipinski definition) is 3. The second-order valence-corrected chi connectivity index (χ2v) is 6.82. The summed E-state index contributed by atoms with van der Waals surface area (Å²) in [6.07, 6.45) is 2.81. The first-order valence-corrected chi connectivity index (χ1v) is 8.22. The third-order valence-corrected chi connectivity index (χ3v) is 3.90. The van der Waals surface area contributed by atoms with Gasteiger partial charge in [0.2, 0.25) is 5.16 Å². The van der Waals surface area contributed by atoms with Crippen LogP contribution in [0.5, 0.6) is 0 Å². The molecule has 3 heterocycles. The van der Waals surface area contributed by atoms with Crippen LogP contribution in [0.15, 0.2) is 34.3 Å². The number of aromatic nitrogens is 5. The summed E-state index contributed by atoms with van der Waals surface area (Å²) in [5.41, 5.74) is 6.47. The number of nitrogen functional groups attached to an aromatic ring is 1. The maximum atomic E-state index is 12.1. The van der Waals surface area contributed by atoms with Crippen molar-refractivity contribution in [2.45, 2.75) is 11.7 Å². The number of imidazole rings is 1. The highest BCUT2D eigenvalue weighted by Crippen LogP contribution is 2.17. The van der Waals surface area contributed by atoms with Crippen LogP contribution >= 0.6 is 0 Å². The van der Waals surface area contributed by atoms with Gasteiger partial charge in [0.1, 0.15) is 15.2 Å². The third kappa shape index (κ3) is 2.44. The summed E-state index contributed by atoms with van der Waals surface area (Å²) in [5.74, 6) is -0.0151. The molecule has 0 aliphatic rings. The van der Waals surface area contributed by atoms with Crippen LogP contribution in [0, 0.1) is 4.78 Å². The number of nitrogens with two attached hydrogens (primary N) is 1. The zero-order valence-corrected chi connectivity index (χ0v) is 12.4. The van der Waals surface area contributed by atoms with Gasteiger partial charge in [-0.3, -0.25) is 9.55 Å². The molecule has 114 valence electrons. The quantitative estimate of drug-likeness (QED) is 0.587. The molecule has 0 amide bonds. The molecule has 22 heavy (non-hydrogen) atoms. The SMILES string of the molecule is CS(=N)(=O)c1nc(N)c2[nH]c(=O)n(Cc3ccccn3)c2n1. The predicted octanol–water partition coefficient (Wildman–Crippen LogP) is 0.181. The monoisotopic (exact) mass is 319 g/mol. The van der Waals surface area contributed by atoms with Gasteiger partial charge >= 0.3 is 5.69 Å². The van der Waals surface area contributed by atoms with Gasteiger partial charge in [0, 0.05) is 12.5 Å². The summed E-state index contributed by atoms with van der Waals surface area (Å²) in [6.45, 7) is 0.179. The average Bonchev–Trinajstić information content (AvgIpc) is 2.77. The van der Waals surface area contributed by atoms with Crippen molar-refractivity contribution in [1.82, 2.24) is 24.5 Å². The van der Waals surface area contributed by atoms with Crippen LogP contribution in [-0.4, -0.2) is 35.0 Å². The summed E-state index contributed by atoms with van der Waals surface area (Å²) in [7, 11) is -3.14. The number of nitrogens with zero attached hydrogens (tertiary/aromatic N) is 4. The minimum Gasteiger partial charge on any atom is -0.382 e. The normalized spacial score (nSPS) is 14.0. The molecule has 3 aromatic rings. The Morgan fingerprint density at radius 3 is 2.82 bits per heavy atom. The number of pyridine rings is 1. The van der Waals surface area contributed by atoms with E-state index in [1.54, 1.807) is 24.4 Å². The molecule has 1 unspecified atom stereocenters. The molecule has 4 N–H and O–H groups in total. The van der Waals surface area contributed by atoms with E-state index >= 15 is 0 Å². The Morgan fingerprint density at radius 2 is 2.18 bits per heavy atom. The molecule has 0 bridgehead atoms. The van der Waals surface area contributed by atoms with E-state index in [0.29, 0.717) is 5.69 Å². The second-order valence-electron chi connectivity index (χ2n) is 4.77. The average molecular weight is 319 g/mol. The molecular formula is C12H13N7O2S.